The van der Waals surface area contributed by atoms with Gasteiger partial charge in [0.2, 0.25) is 0 Å². The van der Waals surface area contributed by atoms with Gasteiger partial charge in [-0.05, 0) is 78.9 Å². The third-order valence-electron chi connectivity index (χ3n) is 7.29. The molecule has 0 N–H and O–H groups in total. The van der Waals surface area contributed by atoms with Crippen LogP contribution in [-0.2, 0) is 6.42 Å². The first-order valence-corrected chi connectivity index (χ1v) is 13.6. The Morgan fingerprint density at radius 3 is 2.00 bits per heavy atom. The van der Waals surface area contributed by atoms with Crippen LogP contribution in [-0.4, -0.2) is 6.16 Å². The predicted octanol–water partition coefficient (Wildman–Crippen LogP) is 7.35. The summed E-state index contributed by atoms with van der Waals surface area (Å²) >= 11 is 0. The van der Waals surface area contributed by atoms with Crippen molar-refractivity contribution in [2.75, 3.05) is 6.16 Å². The lowest BCUT2D eigenvalue weighted by Crippen LogP contribution is -2.22. The lowest BCUT2D eigenvalue weighted by Gasteiger charge is -2.33. The molecule has 1 heteroatoms. The Morgan fingerprint density at radius 2 is 1.32 bits per heavy atom. The van der Waals surface area contributed by atoms with E-state index in [-0.39, 0.29) is 7.92 Å². The first-order valence-electron chi connectivity index (χ1n) is 12.1. The molecule has 3 aromatic rings. The topological polar surface area (TPSA) is 0 Å². The molecule has 1 saturated carbocycles. The largest absolute Gasteiger partial charge is 0.0760 e. The second-order valence-corrected chi connectivity index (χ2v) is 11.5. The second kappa shape index (κ2) is 9.97. The van der Waals surface area contributed by atoms with Gasteiger partial charge in [-0.15, -0.1) is 0 Å². The molecule has 0 nitrogen and oxygen atoms in total. The highest BCUT2D eigenvalue weighted by molar-refractivity contribution is 7.73. The van der Waals surface area contributed by atoms with E-state index in [1.807, 2.05) is 0 Å². The van der Waals surface area contributed by atoms with Gasteiger partial charge in [0.25, 0.3) is 0 Å². The van der Waals surface area contributed by atoms with Crippen LogP contribution < -0.4 is 10.6 Å². The molecule has 31 heavy (non-hydrogen) atoms. The SMILES string of the molecule is C1=C(C(CCP(c2ccccc2)c2ccccc2)C2CCCCC2)c2ccccc2C1. The fourth-order valence-electron chi connectivity index (χ4n) is 5.73. The highest BCUT2D eigenvalue weighted by Crippen LogP contribution is 2.46. The fourth-order valence-corrected chi connectivity index (χ4v) is 8.15. The molecular weight excluding hydrogens is 391 g/mol. The molecule has 1 fully saturated rings. The maximum absolute atomic E-state index is 2.57. The Morgan fingerprint density at radius 1 is 0.710 bits per heavy atom. The molecule has 1 unspecified atom stereocenters. The minimum Gasteiger partial charge on any atom is -0.0760 e. The van der Waals surface area contributed by atoms with Crippen LogP contribution in [0.15, 0.2) is 91.0 Å². The van der Waals surface area contributed by atoms with Gasteiger partial charge in [0, 0.05) is 0 Å². The molecule has 0 heterocycles. The molecule has 0 saturated heterocycles. The zero-order chi connectivity index (χ0) is 20.9. The van der Waals surface area contributed by atoms with Gasteiger partial charge in [0.05, 0.1) is 0 Å². The fraction of sp³-hybridized carbons (Fsp3) is 0.333. The van der Waals surface area contributed by atoms with Gasteiger partial charge in [-0.1, -0.05) is 110 Å². The standard InChI is InChI=1S/C30H33P/c1-4-12-24(13-5-1)29(30-21-20-25-14-10-11-19-28(25)30)22-23-31(26-15-6-2-7-16-26)27-17-8-3-9-18-27/h2-3,6-11,14-19,21,24,29H,1,4-5,12-13,20,22-23H2. The number of rotatable bonds is 7. The van der Waals surface area contributed by atoms with Crippen LogP contribution in [0.2, 0.25) is 0 Å². The molecule has 2 aliphatic carbocycles. The molecule has 0 aliphatic heterocycles. The van der Waals surface area contributed by atoms with Crippen molar-refractivity contribution in [1.29, 1.82) is 0 Å². The van der Waals surface area contributed by atoms with E-state index >= 15 is 0 Å². The Bertz CT molecular complexity index is 959. The number of hydrogen-bond acceptors (Lipinski definition) is 0. The van der Waals surface area contributed by atoms with E-state index in [0.29, 0.717) is 5.92 Å². The summed E-state index contributed by atoms with van der Waals surface area (Å²) in [6.45, 7) is 0. The molecule has 1 atom stereocenters. The molecule has 0 bridgehead atoms. The van der Waals surface area contributed by atoms with Crippen LogP contribution in [0.1, 0.15) is 49.7 Å². The molecule has 0 radical (unpaired) electrons. The molecule has 158 valence electrons. The van der Waals surface area contributed by atoms with Crippen LogP contribution in [0.25, 0.3) is 5.57 Å². The molecule has 5 rings (SSSR count). The van der Waals surface area contributed by atoms with Crippen molar-refractivity contribution in [2.45, 2.75) is 44.9 Å². The van der Waals surface area contributed by atoms with Gasteiger partial charge in [0.1, 0.15) is 0 Å². The van der Waals surface area contributed by atoms with Crippen molar-refractivity contribution >= 4 is 24.1 Å². The summed E-state index contributed by atoms with van der Waals surface area (Å²) in [6, 6.07) is 31.7. The van der Waals surface area contributed by atoms with Gasteiger partial charge in [-0.2, -0.15) is 0 Å². The Kier molecular flexibility index (Phi) is 6.66. The first kappa shape index (κ1) is 20.7. The number of benzene rings is 3. The van der Waals surface area contributed by atoms with E-state index in [9.17, 15) is 0 Å². The highest BCUT2D eigenvalue weighted by atomic mass is 31.1. The Labute approximate surface area is 189 Å². The van der Waals surface area contributed by atoms with Gasteiger partial charge < -0.3 is 0 Å². The predicted molar refractivity (Wildman–Crippen MR) is 137 cm³/mol. The number of allylic oxidation sites excluding steroid dienone is 2. The average Bonchev–Trinajstić information content (AvgIpc) is 3.27. The summed E-state index contributed by atoms with van der Waals surface area (Å²) in [7, 11) is -0.313. The van der Waals surface area contributed by atoms with Gasteiger partial charge in [-0.25, -0.2) is 0 Å². The van der Waals surface area contributed by atoms with Gasteiger partial charge in [-0.3, -0.25) is 0 Å². The summed E-state index contributed by atoms with van der Waals surface area (Å²) in [5, 5.41) is 3.04. The second-order valence-electron chi connectivity index (χ2n) is 9.14. The van der Waals surface area contributed by atoms with E-state index in [2.05, 4.69) is 91.0 Å². The van der Waals surface area contributed by atoms with Crippen molar-refractivity contribution < 1.29 is 0 Å². The van der Waals surface area contributed by atoms with Crippen molar-refractivity contribution in [1.82, 2.24) is 0 Å². The Balaban J connectivity index is 1.43. The third kappa shape index (κ3) is 4.70. The lowest BCUT2D eigenvalue weighted by atomic mass is 9.74. The number of hydrogen-bond donors (Lipinski definition) is 0. The molecule has 2 aliphatic rings. The summed E-state index contributed by atoms with van der Waals surface area (Å²) in [4.78, 5) is 0. The summed E-state index contributed by atoms with van der Waals surface area (Å²) < 4.78 is 0. The summed E-state index contributed by atoms with van der Waals surface area (Å²) in [6.07, 6.45) is 13.4. The monoisotopic (exact) mass is 424 g/mol. The van der Waals surface area contributed by atoms with E-state index in [1.165, 1.54) is 60.9 Å². The van der Waals surface area contributed by atoms with Crippen molar-refractivity contribution in [3.8, 4) is 0 Å². The normalized spacial score (nSPS) is 17.4. The quantitative estimate of drug-likeness (QED) is 0.348. The molecule has 3 aromatic carbocycles. The van der Waals surface area contributed by atoms with Gasteiger partial charge >= 0.3 is 0 Å². The molecule has 0 spiro atoms. The zero-order valence-electron chi connectivity index (χ0n) is 18.4. The van der Waals surface area contributed by atoms with E-state index in [4.69, 9.17) is 0 Å². The van der Waals surface area contributed by atoms with Crippen LogP contribution in [0, 0.1) is 11.8 Å². The maximum atomic E-state index is 2.57. The van der Waals surface area contributed by atoms with Crippen molar-refractivity contribution in [2.24, 2.45) is 11.8 Å². The van der Waals surface area contributed by atoms with E-state index in [0.717, 1.165) is 12.3 Å². The Hall–Kier alpha value is -2.17. The molecular formula is C30H33P. The first-order chi connectivity index (χ1) is 15.4. The zero-order valence-corrected chi connectivity index (χ0v) is 19.3. The van der Waals surface area contributed by atoms with Crippen molar-refractivity contribution in [3.63, 3.8) is 0 Å². The number of fused-ring (bicyclic) bond motifs is 1. The lowest BCUT2D eigenvalue weighted by molar-refractivity contribution is 0.288. The van der Waals surface area contributed by atoms with Crippen LogP contribution in [0.3, 0.4) is 0 Å². The van der Waals surface area contributed by atoms with Crippen LogP contribution in [0.4, 0.5) is 0 Å². The van der Waals surface area contributed by atoms with Crippen LogP contribution in [0.5, 0.6) is 0 Å². The summed E-state index contributed by atoms with van der Waals surface area (Å²) in [5.41, 5.74) is 4.74. The molecule has 0 amide bonds. The third-order valence-corrected chi connectivity index (χ3v) is 9.84. The minimum atomic E-state index is -0.313. The van der Waals surface area contributed by atoms with E-state index < -0.39 is 0 Å². The average molecular weight is 425 g/mol. The smallest absolute Gasteiger partial charge is 0.00853 e. The highest BCUT2D eigenvalue weighted by Gasteiger charge is 2.30. The summed E-state index contributed by atoms with van der Waals surface area (Å²) in [5.74, 6) is 1.57. The maximum Gasteiger partial charge on any atom is -0.00853 e. The molecule has 0 aromatic heterocycles. The van der Waals surface area contributed by atoms with Gasteiger partial charge in [0.15, 0.2) is 0 Å². The van der Waals surface area contributed by atoms with Crippen molar-refractivity contribution in [3.05, 3.63) is 102 Å². The van der Waals surface area contributed by atoms with E-state index in [1.54, 1.807) is 11.1 Å². The minimum absolute atomic E-state index is 0.313. The van der Waals surface area contributed by atoms with Crippen LogP contribution >= 0.6 is 7.92 Å².